The molecular formula is C11H10Cl2N2OS. The molecule has 3 nitrogen and oxygen atoms in total. The van der Waals surface area contributed by atoms with Crippen LogP contribution in [0.1, 0.15) is 22.8 Å². The van der Waals surface area contributed by atoms with E-state index in [0.717, 1.165) is 12.1 Å². The fraction of sp³-hybridized carbons (Fsp3) is 0.273. The van der Waals surface area contributed by atoms with Crippen molar-refractivity contribution < 1.29 is 4.79 Å². The first-order valence-corrected chi connectivity index (χ1v) is 6.66. The van der Waals surface area contributed by atoms with E-state index in [1.165, 1.54) is 11.3 Å². The molecule has 0 unspecified atom stereocenters. The van der Waals surface area contributed by atoms with E-state index in [9.17, 15) is 4.79 Å². The van der Waals surface area contributed by atoms with E-state index < -0.39 is 0 Å². The molecule has 0 aliphatic rings. The number of hydrogen-bond donors (Lipinski definition) is 0. The smallest absolute Gasteiger partial charge is 0.169 e. The van der Waals surface area contributed by atoms with Crippen LogP contribution in [0.5, 0.6) is 0 Å². The molecule has 0 radical (unpaired) electrons. The number of nitrogens with zero attached hydrogens (tertiary/aromatic N) is 2. The topological polar surface area (TPSA) is 34.9 Å². The van der Waals surface area contributed by atoms with Gasteiger partial charge in [-0.1, -0.05) is 23.2 Å². The summed E-state index contributed by atoms with van der Waals surface area (Å²) >= 11 is 12.9. The average molecular weight is 289 g/mol. The number of rotatable bonds is 4. The van der Waals surface area contributed by atoms with Gasteiger partial charge >= 0.3 is 0 Å². The Kier molecular flexibility index (Phi) is 3.86. The van der Waals surface area contributed by atoms with Crippen molar-refractivity contribution in [1.82, 2.24) is 9.78 Å². The van der Waals surface area contributed by atoms with Gasteiger partial charge in [0.1, 0.15) is 4.34 Å². The molecule has 90 valence electrons. The highest BCUT2D eigenvalue weighted by molar-refractivity contribution is 7.20. The van der Waals surface area contributed by atoms with Crippen LogP contribution in [0.4, 0.5) is 0 Å². The molecule has 0 aromatic carbocycles. The minimum absolute atomic E-state index is 0.0335. The van der Waals surface area contributed by atoms with Crippen molar-refractivity contribution in [3.8, 4) is 0 Å². The first-order valence-electron chi connectivity index (χ1n) is 5.09. The highest BCUT2D eigenvalue weighted by Crippen LogP contribution is 2.31. The molecule has 0 atom stereocenters. The molecule has 0 bridgehead atoms. The Morgan fingerprint density at radius 2 is 2.29 bits per heavy atom. The van der Waals surface area contributed by atoms with Crippen LogP contribution in [0.15, 0.2) is 18.5 Å². The number of halogens is 2. The highest BCUT2D eigenvalue weighted by Gasteiger charge is 2.15. The maximum Gasteiger partial charge on any atom is 0.169 e. The van der Waals surface area contributed by atoms with Crippen LogP contribution >= 0.6 is 34.5 Å². The van der Waals surface area contributed by atoms with Crippen molar-refractivity contribution in [3.63, 3.8) is 0 Å². The SMILES string of the molecule is CCn1cc(CC(=O)c2cc(Cl)sc2Cl)cn1. The van der Waals surface area contributed by atoms with E-state index in [2.05, 4.69) is 5.10 Å². The Labute approximate surface area is 113 Å². The summed E-state index contributed by atoms with van der Waals surface area (Å²) in [6.45, 7) is 2.79. The summed E-state index contributed by atoms with van der Waals surface area (Å²) < 4.78 is 2.76. The Morgan fingerprint density at radius 1 is 1.53 bits per heavy atom. The standard InChI is InChI=1S/C11H10Cl2N2OS/c1-2-15-6-7(5-14-15)3-9(16)8-4-10(12)17-11(8)13/h4-6H,2-3H2,1H3. The zero-order chi connectivity index (χ0) is 12.4. The highest BCUT2D eigenvalue weighted by atomic mass is 35.5. The number of aryl methyl sites for hydroxylation is 1. The molecule has 2 heterocycles. The third-order valence-electron chi connectivity index (χ3n) is 2.33. The summed E-state index contributed by atoms with van der Waals surface area (Å²) in [7, 11) is 0. The molecule has 0 saturated carbocycles. The average Bonchev–Trinajstić information content (AvgIpc) is 2.85. The molecule has 0 aliphatic heterocycles. The molecule has 2 rings (SSSR count). The first kappa shape index (κ1) is 12.6. The minimum Gasteiger partial charge on any atom is -0.294 e. The van der Waals surface area contributed by atoms with E-state index in [4.69, 9.17) is 23.2 Å². The maximum atomic E-state index is 12.0. The molecule has 2 aromatic rings. The van der Waals surface area contributed by atoms with Gasteiger partial charge in [-0.15, -0.1) is 11.3 Å². The molecule has 0 saturated heterocycles. The molecule has 17 heavy (non-hydrogen) atoms. The van der Waals surface area contributed by atoms with E-state index >= 15 is 0 Å². The van der Waals surface area contributed by atoms with Gasteiger partial charge in [-0.25, -0.2) is 0 Å². The molecule has 2 aromatic heterocycles. The lowest BCUT2D eigenvalue weighted by Gasteiger charge is -1.96. The predicted molar refractivity (Wildman–Crippen MR) is 70.3 cm³/mol. The van der Waals surface area contributed by atoms with Gasteiger partial charge in [0.2, 0.25) is 0 Å². The van der Waals surface area contributed by atoms with Gasteiger partial charge in [0.25, 0.3) is 0 Å². The van der Waals surface area contributed by atoms with Crippen molar-refractivity contribution in [2.45, 2.75) is 19.9 Å². The molecule has 0 fully saturated rings. The van der Waals surface area contributed by atoms with Gasteiger partial charge < -0.3 is 0 Å². The van der Waals surface area contributed by atoms with E-state index in [1.54, 1.807) is 16.9 Å². The van der Waals surface area contributed by atoms with E-state index in [1.807, 2.05) is 13.1 Å². The third kappa shape index (κ3) is 2.89. The Morgan fingerprint density at radius 3 is 2.82 bits per heavy atom. The van der Waals surface area contributed by atoms with Crippen LogP contribution in [0.3, 0.4) is 0 Å². The van der Waals surface area contributed by atoms with Crippen molar-refractivity contribution in [1.29, 1.82) is 0 Å². The monoisotopic (exact) mass is 288 g/mol. The zero-order valence-corrected chi connectivity index (χ0v) is 11.4. The number of hydrogen-bond acceptors (Lipinski definition) is 3. The molecule has 0 spiro atoms. The molecule has 6 heteroatoms. The lowest BCUT2D eigenvalue weighted by Crippen LogP contribution is -2.02. The second-order valence-electron chi connectivity index (χ2n) is 3.54. The Balaban J connectivity index is 2.14. The summed E-state index contributed by atoms with van der Waals surface area (Å²) in [4.78, 5) is 12.0. The summed E-state index contributed by atoms with van der Waals surface area (Å²) in [5.41, 5.74) is 1.38. The van der Waals surface area contributed by atoms with Gasteiger partial charge in [0, 0.05) is 24.7 Å². The van der Waals surface area contributed by atoms with Gasteiger partial charge in [-0.2, -0.15) is 5.10 Å². The maximum absolute atomic E-state index is 12.0. The number of thiophene rings is 1. The number of carbonyl (C=O) groups excluding carboxylic acids is 1. The van der Waals surface area contributed by atoms with Gasteiger partial charge in [0.15, 0.2) is 5.78 Å². The second kappa shape index (κ2) is 5.21. The van der Waals surface area contributed by atoms with Crippen LogP contribution in [0.2, 0.25) is 8.67 Å². The molecule has 0 amide bonds. The molecular weight excluding hydrogens is 279 g/mol. The fourth-order valence-electron chi connectivity index (χ4n) is 1.48. The minimum atomic E-state index is -0.0335. The van der Waals surface area contributed by atoms with Crippen LogP contribution in [0.25, 0.3) is 0 Å². The van der Waals surface area contributed by atoms with Crippen molar-refractivity contribution >= 4 is 40.3 Å². The van der Waals surface area contributed by atoms with Crippen molar-refractivity contribution in [3.05, 3.63) is 38.3 Å². The van der Waals surface area contributed by atoms with Crippen LogP contribution < -0.4 is 0 Å². The Bertz CT molecular complexity index is 547. The zero-order valence-electron chi connectivity index (χ0n) is 9.11. The summed E-state index contributed by atoms with van der Waals surface area (Å²) in [6, 6.07) is 1.61. The van der Waals surface area contributed by atoms with Crippen LogP contribution in [0, 0.1) is 0 Å². The van der Waals surface area contributed by atoms with Gasteiger partial charge in [-0.05, 0) is 18.6 Å². The Hall–Kier alpha value is -0.840. The van der Waals surface area contributed by atoms with Crippen LogP contribution in [-0.4, -0.2) is 15.6 Å². The van der Waals surface area contributed by atoms with Crippen LogP contribution in [-0.2, 0) is 13.0 Å². The largest absolute Gasteiger partial charge is 0.294 e. The molecule has 0 N–H and O–H groups in total. The summed E-state index contributed by atoms with van der Waals surface area (Å²) in [6.07, 6.45) is 3.86. The number of Topliss-reactive ketones (excluding diaryl/α,β-unsaturated/α-hetero) is 1. The lowest BCUT2D eigenvalue weighted by atomic mass is 10.1. The lowest BCUT2D eigenvalue weighted by molar-refractivity contribution is 0.0993. The van der Waals surface area contributed by atoms with Gasteiger partial charge in [-0.3, -0.25) is 9.48 Å². The normalized spacial score (nSPS) is 10.8. The fourth-order valence-corrected chi connectivity index (χ4v) is 2.98. The van der Waals surface area contributed by atoms with Crippen molar-refractivity contribution in [2.24, 2.45) is 0 Å². The summed E-state index contributed by atoms with van der Waals surface area (Å²) in [5.74, 6) is -0.0335. The van der Waals surface area contributed by atoms with E-state index in [0.29, 0.717) is 20.7 Å². The predicted octanol–water partition coefficient (Wildman–Crippen LogP) is 3.70. The first-order chi connectivity index (χ1) is 8.10. The van der Waals surface area contributed by atoms with Crippen molar-refractivity contribution in [2.75, 3.05) is 0 Å². The third-order valence-corrected chi connectivity index (χ3v) is 3.82. The quantitative estimate of drug-likeness (QED) is 0.804. The number of aromatic nitrogens is 2. The number of carbonyl (C=O) groups is 1. The summed E-state index contributed by atoms with van der Waals surface area (Å²) in [5, 5.41) is 4.12. The second-order valence-corrected chi connectivity index (χ2v) is 5.83. The van der Waals surface area contributed by atoms with E-state index in [-0.39, 0.29) is 5.78 Å². The van der Waals surface area contributed by atoms with Gasteiger partial charge in [0.05, 0.1) is 10.5 Å². The molecule has 0 aliphatic carbocycles. The number of ketones is 1.